The number of pyridine rings is 1. The van der Waals surface area contributed by atoms with E-state index in [9.17, 15) is 14.0 Å². The van der Waals surface area contributed by atoms with Crippen molar-refractivity contribution in [3.63, 3.8) is 0 Å². The molecule has 3 aromatic heterocycles. The van der Waals surface area contributed by atoms with Crippen molar-refractivity contribution in [2.45, 2.75) is 26.0 Å². The van der Waals surface area contributed by atoms with Gasteiger partial charge in [-0.25, -0.2) is 23.4 Å². The Labute approximate surface area is 198 Å². The molecule has 0 N–H and O–H groups in total. The smallest absolute Gasteiger partial charge is 0.263 e. The van der Waals surface area contributed by atoms with Gasteiger partial charge in [0.15, 0.2) is 5.65 Å². The Morgan fingerprint density at radius 3 is 2.74 bits per heavy atom. The van der Waals surface area contributed by atoms with Gasteiger partial charge in [0.25, 0.3) is 6.43 Å². The summed E-state index contributed by atoms with van der Waals surface area (Å²) in [6.45, 7) is 2.40. The fraction of sp³-hybridized carbons (Fsp3) is 0.167. The zero-order valence-electron chi connectivity index (χ0n) is 18.5. The van der Waals surface area contributed by atoms with E-state index in [0.717, 1.165) is 5.56 Å². The Balaban J connectivity index is 1.49. The van der Waals surface area contributed by atoms with Crippen LogP contribution in [0.3, 0.4) is 0 Å². The van der Waals surface area contributed by atoms with Gasteiger partial charge in [0, 0.05) is 11.1 Å². The van der Waals surface area contributed by atoms with Gasteiger partial charge in [-0.3, -0.25) is 4.57 Å². The van der Waals surface area contributed by atoms with E-state index in [1.807, 2.05) is 37.3 Å². The molecular formula is C24H18F2N8O. The van der Waals surface area contributed by atoms with E-state index in [4.69, 9.17) is 9.72 Å². The number of fused-ring (bicyclic) bond motifs is 1. The van der Waals surface area contributed by atoms with E-state index >= 15 is 0 Å². The Morgan fingerprint density at radius 2 is 1.97 bits per heavy atom. The van der Waals surface area contributed by atoms with Crippen LogP contribution in [-0.2, 0) is 6.54 Å². The number of ether oxygens (including phenoxy) is 1. The van der Waals surface area contributed by atoms with E-state index in [1.54, 1.807) is 15.3 Å². The quantitative estimate of drug-likeness (QED) is 0.347. The largest absolute Gasteiger partial charge is 0.489 e. The van der Waals surface area contributed by atoms with Crippen LogP contribution in [0.15, 0.2) is 67.3 Å². The maximum absolute atomic E-state index is 13.3. The number of nitriles is 1. The van der Waals surface area contributed by atoms with Crippen molar-refractivity contribution in [2.24, 2.45) is 0 Å². The second kappa shape index (κ2) is 9.26. The minimum Gasteiger partial charge on any atom is -0.489 e. The van der Waals surface area contributed by atoms with Crippen LogP contribution in [0.4, 0.5) is 8.78 Å². The second-order valence-corrected chi connectivity index (χ2v) is 7.83. The van der Waals surface area contributed by atoms with E-state index in [-0.39, 0.29) is 17.2 Å². The number of aromatic nitrogens is 7. The van der Waals surface area contributed by atoms with E-state index in [1.165, 1.54) is 30.9 Å². The average molecular weight is 472 g/mol. The molecule has 1 atom stereocenters. The molecule has 0 radical (unpaired) electrons. The molecule has 3 heterocycles. The predicted molar refractivity (Wildman–Crippen MR) is 122 cm³/mol. The van der Waals surface area contributed by atoms with Crippen LogP contribution in [0.25, 0.3) is 28.1 Å². The van der Waals surface area contributed by atoms with Gasteiger partial charge in [-0.05, 0) is 53.7 Å². The van der Waals surface area contributed by atoms with Crippen LogP contribution in [0, 0.1) is 11.3 Å². The molecule has 11 heteroatoms. The highest BCUT2D eigenvalue weighted by molar-refractivity contribution is 5.78. The van der Waals surface area contributed by atoms with Gasteiger partial charge in [-0.1, -0.05) is 18.2 Å². The highest BCUT2D eigenvalue weighted by Gasteiger charge is 2.16. The summed E-state index contributed by atoms with van der Waals surface area (Å²) in [7, 11) is 0. The summed E-state index contributed by atoms with van der Waals surface area (Å²) in [6, 6.07) is 17.0. The van der Waals surface area contributed by atoms with Crippen molar-refractivity contribution in [3.05, 3.63) is 78.4 Å². The number of alkyl halides is 2. The van der Waals surface area contributed by atoms with Crippen LogP contribution >= 0.6 is 0 Å². The van der Waals surface area contributed by atoms with Crippen molar-refractivity contribution in [2.75, 3.05) is 0 Å². The van der Waals surface area contributed by atoms with Gasteiger partial charge in [0.05, 0.1) is 23.5 Å². The van der Waals surface area contributed by atoms with Gasteiger partial charge in [0.2, 0.25) is 0 Å². The van der Waals surface area contributed by atoms with E-state index < -0.39 is 6.43 Å². The van der Waals surface area contributed by atoms with Crippen LogP contribution in [0.2, 0.25) is 0 Å². The first-order valence-corrected chi connectivity index (χ1v) is 10.7. The maximum atomic E-state index is 13.3. The summed E-state index contributed by atoms with van der Waals surface area (Å²) in [5.74, 6) is 0.648. The third-order valence-corrected chi connectivity index (χ3v) is 5.35. The Hall–Kier alpha value is -4.72. The zero-order valence-corrected chi connectivity index (χ0v) is 18.5. The topological polar surface area (TPSA) is 107 Å². The maximum Gasteiger partial charge on any atom is 0.263 e. The molecular weight excluding hydrogens is 454 g/mol. The Morgan fingerprint density at radius 1 is 1.09 bits per heavy atom. The third kappa shape index (κ3) is 4.54. The number of hydrogen-bond acceptors (Lipinski definition) is 7. The molecule has 0 fully saturated rings. The lowest BCUT2D eigenvalue weighted by atomic mass is 10.1. The van der Waals surface area contributed by atoms with Crippen molar-refractivity contribution in [1.29, 1.82) is 5.26 Å². The molecule has 9 nitrogen and oxygen atoms in total. The Bertz CT molecular complexity index is 1520. The monoisotopic (exact) mass is 472 g/mol. The number of imidazole rings is 1. The predicted octanol–water partition coefficient (Wildman–Crippen LogP) is 4.35. The second-order valence-electron chi connectivity index (χ2n) is 7.83. The van der Waals surface area contributed by atoms with Crippen molar-refractivity contribution in [3.8, 4) is 28.8 Å². The number of benzene rings is 2. The molecule has 5 rings (SSSR count). The molecule has 0 aliphatic heterocycles. The van der Waals surface area contributed by atoms with Gasteiger partial charge >= 0.3 is 0 Å². The lowest BCUT2D eigenvalue weighted by molar-refractivity contribution is 0.151. The molecule has 174 valence electrons. The molecule has 0 saturated carbocycles. The van der Waals surface area contributed by atoms with Crippen LogP contribution in [0.1, 0.15) is 24.5 Å². The number of hydrogen-bond donors (Lipinski definition) is 0. The lowest BCUT2D eigenvalue weighted by Gasteiger charge is -2.15. The number of rotatable bonds is 7. The number of tetrazole rings is 1. The van der Waals surface area contributed by atoms with Gasteiger partial charge in [0.1, 0.15) is 36.1 Å². The van der Waals surface area contributed by atoms with Gasteiger partial charge in [-0.15, -0.1) is 5.10 Å². The highest BCUT2D eigenvalue weighted by atomic mass is 19.3. The summed E-state index contributed by atoms with van der Waals surface area (Å²) in [5.41, 5.74) is 2.82. The van der Waals surface area contributed by atoms with E-state index in [2.05, 4.69) is 26.6 Å². The average Bonchev–Trinajstić information content (AvgIpc) is 3.53. The van der Waals surface area contributed by atoms with E-state index in [0.29, 0.717) is 34.8 Å². The molecule has 35 heavy (non-hydrogen) atoms. The third-order valence-electron chi connectivity index (χ3n) is 5.35. The van der Waals surface area contributed by atoms with Crippen LogP contribution in [-0.4, -0.2) is 40.8 Å². The Kier molecular flexibility index (Phi) is 5.85. The first-order valence-electron chi connectivity index (χ1n) is 10.7. The summed E-state index contributed by atoms with van der Waals surface area (Å²) >= 11 is 0. The summed E-state index contributed by atoms with van der Waals surface area (Å²) in [4.78, 5) is 9.06. The minimum atomic E-state index is -2.66. The van der Waals surface area contributed by atoms with Crippen LogP contribution in [0.5, 0.6) is 5.75 Å². The first kappa shape index (κ1) is 22.1. The molecule has 0 saturated heterocycles. The molecule has 0 spiro atoms. The van der Waals surface area contributed by atoms with Crippen molar-refractivity contribution < 1.29 is 13.5 Å². The number of nitrogens with zero attached hydrogens (tertiary/aromatic N) is 8. The molecule has 5 aromatic rings. The normalized spacial score (nSPS) is 12.1. The fourth-order valence-corrected chi connectivity index (χ4v) is 3.73. The molecule has 0 aliphatic carbocycles. The SMILES string of the molecule is C[C@@H](Cn1cnnn1)Oc1cccc(-c2ccc3ncn(-c4cc(C(F)F)ccc4C#N)c3n2)c1. The summed E-state index contributed by atoms with van der Waals surface area (Å²) in [5, 5.41) is 20.6. The lowest BCUT2D eigenvalue weighted by Crippen LogP contribution is -2.20. The molecule has 0 bridgehead atoms. The minimum absolute atomic E-state index is 0.183. The standard InChI is InChI=1S/C24H18F2N8O/c1-15(12-33-14-29-31-32-33)35-19-4-2-3-16(9-19)20-7-8-21-24(30-20)34(13-28-21)22-10-17(23(25)26)5-6-18(22)11-27/h2-10,13-15,23H,12H2,1H3/t15-/m0/s1. The summed E-state index contributed by atoms with van der Waals surface area (Å²) in [6.07, 6.45) is 0.156. The highest BCUT2D eigenvalue weighted by Crippen LogP contribution is 2.28. The molecule has 0 amide bonds. The zero-order chi connectivity index (χ0) is 24.4. The number of halogens is 2. The van der Waals surface area contributed by atoms with Gasteiger partial charge < -0.3 is 4.74 Å². The van der Waals surface area contributed by atoms with Crippen LogP contribution < -0.4 is 4.74 Å². The molecule has 0 aliphatic rings. The van der Waals surface area contributed by atoms with Gasteiger partial charge in [-0.2, -0.15) is 5.26 Å². The van der Waals surface area contributed by atoms with Crippen molar-refractivity contribution >= 4 is 11.2 Å². The first-order chi connectivity index (χ1) is 17.0. The summed E-state index contributed by atoms with van der Waals surface area (Å²) < 4.78 is 35.8. The fourth-order valence-electron chi connectivity index (χ4n) is 3.73. The molecule has 2 aromatic carbocycles. The van der Waals surface area contributed by atoms with Crippen molar-refractivity contribution in [1.82, 2.24) is 34.7 Å². The molecule has 0 unspecified atom stereocenters.